The van der Waals surface area contributed by atoms with Crippen LogP contribution in [0, 0.1) is 18.8 Å². The lowest BCUT2D eigenvalue weighted by molar-refractivity contribution is -0.851. The number of hydrazine groups is 1. The molecule has 0 radical (unpaired) electrons. The molecule has 5 N–H and O–H groups in total. The quantitative estimate of drug-likeness (QED) is 0.400. The molecule has 1 aromatic rings. The first kappa shape index (κ1) is 24.7. The van der Waals surface area contributed by atoms with Gasteiger partial charge in [0.2, 0.25) is 0 Å². The van der Waals surface area contributed by atoms with Crippen LogP contribution in [-0.2, 0) is 4.79 Å². The largest absolute Gasteiger partial charge is 0.323 e. The van der Waals surface area contributed by atoms with Crippen molar-refractivity contribution in [3.05, 3.63) is 34.9 Å². The Labute approximate surface area is 211 Å². The predicted octanol–water partition coefficient (Wildman–Crippen LogP) is 1.75. The van der Waals surface area contributed by atoms with Gasteiger partial charge in [-0.3, -0.25) is 14.6 Å². The number of likely N-dealkylation sites (tertiary alicyclic amines) is 1. The molecule has 6 atom stereocenters. The van der Waals surface area contributed by atoms with E-state index in [4.69, 9.17) is 0 Å². The number of thioether (sulfide) groups is 1. The number of amides is 4. The van der Waals surface area contributed by atoms with Gasteiger partial charge in [-0.15, -0.1) is 0 Å². The minimum atomic E-state index is -0.544. The van der Waals surface area contributed by atoms with Crippen molar-refractivity contribution in [1.82, 2.24) is 26.8 Å². The van der Waals surface area contributed by atoms with E-state index in [0.717, 1.165) is 30.5 Å². The summed E-state index contributed by atoms with van der Waals surface area (Å²) in [6.45, 7) is 5.06. The number of aryl methyl sites for hydroxylation is 1. The maximum absolute atomic E-state index is 13.7. The standard InChI is InChI=1S/C25H36N6O3S/c1-13-5-6-16(21(32)27-24(34)28-25-30-29-22(35-25)15-7-8-15)10-18(13)19-11-17-12-26-14(2)9-20(17)31(3,4)23(19)33/h5-6,10,14-15,17,19-20,22,25-26,29-30H,7-9,11-12H2,1-4H3,(H-,27,28,32,34)/p+1. The summed E-state index contributed by atoms with van der Waals surface area (Å²) < 4.78 is 0.363. The van der Waals surface area contributed by atoms with Crippen molar-refractivity contribution in [3.8, 4) is 0 Å². The third kappa shape index (κ3) is 4.99. The van der Waals surface area contributed by atoms with Gasteiger partial charge in [0.25, 0.3) is 5.91 Å². The van der Waals surface area contributed by atoms with Gasteiger partial charge < -0.3 is 10.6 Å². The molecule has 4 aliphatic rings. The summed E-state index contributed by atoms with van der Waals surface area (Å²) in [6.07, 6.45) is 4.17. The molecule has 1 saturated carbocycles. The van der Waals surface area contributed by atoms with Gasteiger partial charge in [0.15, 0.2) is 0 Å². The number of quaternary nitrogens is 1. The molecule has 0 aromatic heterocycles. The van der Waals surface area contributed by atoms with E-state index < -0.39 is 11.9 Å². The predicted molar refractivity (Wildman–Crippen MR) is 135 cm³/mol. The van der Waals surface area contributed by atoms with Gasteiger partial charge in [0.1, 0.15) is 17.5 Å². The SMILES string of the molecule is Cc1ccc(C(=O)NC(=O)NC2NNC(C3CC3)S2)cc1C1CC2CNC(C)CC2[N+](C)(C)C1=O. The number of fused-ring (bicyclic) bond motifs is 1. The van der Waals surface area contributed by atoms with Crippen LogP contribution in [0.25, 0.3) is 0 Å². The second kappa shape index (κ2) is 9.48. The van der Waals surface area contributed by atoms with E-state index in [9.17, 15) is 14.4 Å². The van der Waals surface area contributed by atoms with E-state index in [1.165, 1.54) is 12.8 Å². The van der Waals surface area contributed by atoms with Crippen LogP contribution < -0.4 is 26.8 Å². The Morgan fingerprint density at radius 1 is 1.11 bits per heavy atom. The summed E-state index contributed by atoms with van der Waals surface area (Å²) in [5.41, 5.74) is 8.22. The summed E-state index contributed by atoms with van der Waals surface area (Å²) in [5, 5.41) is 9.09. The molecular weight excluding hydrogens is 464 g/mol. The Morgan fingerprint density at radius 3 is 2.63 bits per heavy atom. The number of nitrogens with one attached hydrogen (secondary N) is 5. The molecule has 0 bridgehead atoms. The molecule has 3 saturated heterocycles. The molecule has 3 heterocycles. The number of rotatable bonds is 4. The topological polar surface area (TPSA) is 111 Å². The average Bonchev–Trinajstić information content (AvgIpc) is 3.56. The zero-order chi connectivity index (χ0) is 24.9. The van der Waals surface area contributed by atoms with Gasteiger partial charge in [0.05, 0.1) is 19.5 Å². The van der Waals surface area contributed by atoms with Crippen molar-refractivity contribution < 1.29 is 18.9 Å². The fourth-order valence-corrected chi connectivity index (χ4v) is 7.18. The van der Waals surface area contributed by atoms with Crippen LogP contribution in [0.3, 0.4) is 0 Å². The molecule has 190 valence electrons. The highest BCUT2D eigenvalue weighted by molar-refractivity contribution is 8.00. The lowest BCUT2D eigenvalue weighted by Crippen LogP contribution is -2.66. The summed E-state index contributed by atoms with van der Waals surface area (Å²) in [7, 11) is 4.05. The Kier molecular flexibility index (Phi) is 6.69. The second-order valence-corrected chi connectivity index (χ2v) is 12.4. The first-order valence-electron chi connectivity index (χ1n) is 12.6. The van der Waals surface area contributed by atoms with Crippen molar-refractivity contribution in [2.24, 2.45) is 11.8 Å². The highest BCUT2D eigenvalue weighted by Crippen LogP contribution is 2.42. The van der Waals surface area contributed by atoms with Crippen molar-refractivity contribution in [2.75, 3.05) is 20.6 Å². The van der Waals surface area contributed by atoms with Crippen LogP contribution in [-0.4, -0.2) is 65.9 Å². The zero-order valence-corrected chi connectivity index (χ0v) is 21.7. The Balaban J connectivity index is 1.27. The molecule has 0 spiro atoms. The third-order valence-corrected chi connectivity index (χ3v) is 9.50. The fourth-order valence-electron chi connectivity index (χ4n) is 5.94. The Bertz CT molecular complexity index is 1030. The van der Waals surface area contributed by atoms with Gasteiger partial charge in [-0.05, 0) is 62.3 Å². The van der Waals surface area contributed by atoms with Crippen LogP contribution >= 0.6 is 11.8 Å². The van der Waals surface area contributed by atoms with E-state index in [0.29, 0.717) is 34.0 Å². The number of urea groups is 1. The first-order chi connectivity index (χ1) is 16.6. The van der Waals surface area contributed by atoms with Crippen LogP contribution in [0.5, 0.6) is 0 Å². The van der Waals surface area contributed by atoms with Gasteiger partial charge in [0, 0.05) is 30.5 Å². The van der Waals surface area contributed by atoms with Gasteiger partial charge in [-0.1, -0.05) is 17.8 Å². The highest BCUT2D eigenvalue weighted by atomic mass is 32.2. The Hall–Kier alpha value is -1.98. The molecule has 4 amide bonds. The highest BCUT2D eigenvalue weighted by Gasteiger charge is 2.52. The number of hydrogen-bond donors (Lipinski definition) is 5. The summed E-state index contributed by atoms with van der Waals surface area (Å²) in [6, 6.07) is 5.56. The molecule has 6 unspecified atom stereocenters. The van der Waals surface area contributed by atoms with E-state index in [2.05, 4.69) is 33.7 Å². The van der Waals surface area contributed by atoms with E-state index in [1.807, 2.05) is 27.1 Å². The zero-order valence-electron chi connectivity index (χ0n) is 20.9. The van der Waals surface area contributed by atoms with Crippen LogP contribution in [0.4, 0.5) is 4.79 Å². The lowest BCUT2D eigenvalue weighted by atomic mass is 9.73. The molecule has 9 nitrogen and oxygen atoms in total. The number of carbonyl (C=O) groups excluding carboxylic acids is 3. The lowest BCUT2D eigenvalue weighted by Gasteiger charge is -2.50. The Morgan fingerprint density at radius 2 is 1.89 bits per heavy atom. The summed E-state index contributed by atoms with van der Waals surface area (Å²) in [5.74, 6) is 0.495. The van der Waals surface area contributed by atoms with Crippen molar-refractivity contribution in [3.63, 3.8) is 0 Å². The van der Waals surface area contributed by atoms with Crippen molar-refractivity contribution in [2.45, 2.75) is 68.4 Å². The maximum atomic E-state index is 13.7. The molecule has 1 aliphatic carbocycles. The van der Waals surface area contributed by atoms with Crippen LogP contribution in [0.15, 0.2) is 18.2 Å². The van der Waals surface area contributed by atoms with E-state index in [1.54, 1.807) is 23.9 Å². The van der Waals surface area contributed by atoms with Crippen LogP contribution in [0.1, 0.15) is 60.0 Å². The molecule has 10 heteroatoms. The number of benzene rings is 1. The number of imide groups is 1. The van der Waals surface area contributed by atoms with E-state index in [-0.39, 0.29) is 22.7 Å². The summed E-state index contributed by atoms with van der Waals surface area (Å²) in [4.78, 5) is 39.0. The van der Waals surface area contributed by atoms with Crippen molar-refractivity contribution >= 4 is 29.6 Å². The first-order valence-corrected chi connectivity index (χ1v) is 13.6. The number of nitrogens with zero attached hydrogens (tertiary/aromatic N) is 1. The number of carbonyl (C=O) groups is 3. The molecular formula is C25H37N6O3S+. The summed E-state index contributed by atoms with van der Waals surface area (Å²) >= 11 is 1.61. The molecule has 35 heavy (non-hydrogen) atoms. The number of piperidine rings is 2. The maximum Gasteiger partial charge on any atom is 0.323 e. The van der Waals surface area contributed by atoms with Gasteiger partial charge in [-0.25, -0.2) is 20.4 Å². The van der Waals surface area contributed by atoms with E-state index >= 15 is 0 Å². The smallest absolute Gasteiger partial charge is 0.314 e. The number of likely N-dealkylation sites (N-methyl/N-ethyl adjacent to an activating group) is 1. The minimum Gasteiger partial charge on any atom is -0.314 e. The normalized spacial score (nSPS) is 34.2. The van der Waals surface area contributed by atoms with Gasteiger partial charge in [-0.2, -0.15) is 0 Å². The molecule has 5 rings (SSSR count). The second-order valence-electron chi connectivity index (χ2n) is 11.1. The minimum absolute atomic E-state index is 0.195. The monoisotopic (exact) mass is 501 g/mol. The van der Waals surface area contributed by atoms with Gasteiger partial charge >= 0.3 is 11.9 Å². The molecule has 3 aliphatic heterocycles. The van der Waals surface area contributed by atoms with Crippen molar-refractivity contribution in [1.29, 1.82) is 0 Å². The molecule has 4 fully saturated rings. The average molecular weight is 502 g/mol. The van der Waals surface area contributed by atoms with Crippen LogP contribution in [0.2, 0.25) is 0 Å². The molecule has 1 aromatic carbocycles. The fraction of sp³-hybridized carbons (Fsp3) is 0.640. The third-order valence-electron chi connectivity index (χ3n) is 8.20. The number of hydrogen-bond acceptors (Lipinski definition) is 7.